The summed E-state index contributed by atoms with van der Waals surface area (Å²) in [6.07, 6.45) is 0. The van der Waals surface area contributed by atoms with E-state index in [-0.39, 0.29) is 41.0 Å². The summed E-state index contributed by atoms with van der Waals surface area (Å²) in [7, 11) is 1.39. The zero-order valence-electron chi connectivity index (χ0n) is 14.4. The third-order valence-electron chi connectivity index (χ3n) is 3.45. The van der Waals surface area contributed by atoms with Gasteiger partial charge in [0.25, 0.3) is 11.5 Å². The van der Waals surface area contributed by atoms with Crippen molar-refractivity contribution < 1.29 is 19.2 Å². The van der Waals surface area contributed by atoms with Crippen molar-refractivity contribution in [2.45, 2.75) is 20.4 Å². The number of carbonyl (C=O) groups is 1. The first-order valence-corrected chi connectivity index (χ1v) is 8.20. The van der Waals surface area contributed by atoms with Crippen LogP contribution in [0.5, 0.6) is 11.8 Å². The molecule has 0 aliphatic rings. The fourth-order valence-corrected chi connectivity index (χ4v) is 2.40. The van der Waals surface area contributed by atoms with E-state index in [4.69, 9.17) is 20.9 Å². The molecule has 0 aliphatic carbocycles. The van der Waals surface area contributed by atoms with Gasteiger partial charge in [0.05, 0.1) is 18.7 Å². The maximum Gasteiger partial charge on any atom is 0.313 e. The number of methoxy groups -OCH3 is 1. The van der Waals surface area contributed by atoms with Crippen LogP contribution < -0.4 is 15.6 Å². The number of nitrogens with one attached hydrogen (secondary N) is 1. The number of hydrogen-bond acceptors (Lipinski definition) is 8. The molecule has 140 valence electrons. The SMILES string of the molecule is CCNC(=O)c1c(N=Nc2cc(OC)on2)c(O)n(CCCl)c(=O)c1C. The highest BCUT2D eigenvalue weighted by atomic mass is 35.5. The lowest BCUT2D eigenvalue weighted by molar-refractivity contribution is 0.0955. The molecule has 0 aliphatic heterocycles. The number of alkyl halides is 1. The maximum atomic E-state index is 12.4. The average molecular weight is 384 g/mol. The molecule has 11 heteroatoms. The molecule has 2 N–H and O–H groups in total. The van der Waals surface area contributed by atoms with E-state index in [1.54, 1.807) is 6.92 Å². The molecule has 0 saturated heterocycles. The fourth-order valence-electron chi connectivity index (χ4n) is 2.23. The molecular formula is C15H18ClN5O5. The normalized spacial score (nSPS) is 11.1. The highest BCUT2D eigenvalue weighted by Gasteiger charge is 2.24. The molecule has 10 nitrogen and oxygen atoms in total. The Labute approximate surface area is 153 Å². The van der Waals surface area contributed by atoms with Crippen LogP contribution in [0.2, 0.25) is 0 Å². The van der Waals surface area contributed by atoms with Gasteiger partial charge in [0.15, 0.2) is 5.69 Å². The van der Waals surface area contributed by atoms with Crippen molar-refractivity contribution in [1.29, 1.82) is 0 Å². The molecule has 0 atom stereocenters. The molecular weight excluding hydrogens is 366 g/mol. The first kappa shape index (κ1) is 19.4. The third kappa shape index (κ3) is 3.85. The van der Waals surface area contributed by atoms with Gasteiger partial charge in [-0.15, -0.1) is 21.8 Å². The van der Waals surface area contributed by atoms with E-state index in [9.17, 15) is 14.7 Å². The standard InChI is InChI=1S/C15H18ClN5O5/c1-4-17-13(22)11-8(2)14(23)21(6-5-16)15(24)12(11)19-18-9-7-10(25-3)26-20-9/h7,24H,4-6H2,1-3H3,(H,17,22). The summed E-state index contributed by atoms with van der Waals surface area (Å²) >= 11 is 5.69. The molecule has 1 amide bonds. The number of hydrogen-bond donors (Lipinski definition) is 2. The van der Waals surface area contributed by atoms with Gasteiger partial charge in [-0.3, -0.25) is 14.2 Å². The Kier molecular flexibility index (Phi) is 6.34. The molecule has 0 spiro atoms. The van der Waals surface area contributed by atoms with Gasteiger partial charge >= 0.3 is 5.95 Å². The zero-order valence-corrected chi connectivity index (χ0v) is 15.2. The summed E-state index contributed by atoms with van der Waals surface area (Å²) in [5.41, 5.74) is -0.656. The van der Waals surface area contributed by atoms with Gasteiger partial charge in [-0.1, -0.05) is 5.16 Å². The monoisotopic (exact) mass is 383 g/mol. The summed E-state index contributed by atoms with van der Waals surface area (Å²) in [6.45, 7) is 3.57. The van der Waals surface area contributed by atoms with Crippen LogP contribution in [-0.2, 0) is 6.54 Å². The zero-order chi connectivity index (χ0) is 19.3. The van der Waals surface area contributed by atoms with Crippen molar-refractivity contribution in [3.63, 3.8) is 0 Å². The van der Waals surface area contributed by atoms with Crippen molar-refractivity contribution in [3.05, 3.63) is 27.5 Å². The Hall–Kier alpha value is -2.88. The highest BCUT2D eigenvalue weighted by Crippen LogP contribution is 2.33. The largest absolute Gasteiger partial charge is 0.493 e. The second kappa shape index (κ2) is 8.48. The lowest BCUT2D eigenvalue weighted by Gasteiger charge is -2.14. The third-order valence-corrected chi connectivity index (χ3v) is 3.62. The predicted molar refractivity (Wildman–Crippen MR) is 93.1 cm³/mol. The van der Waals surface area contributed by atoms with Crippen molar-refractivity contribution in [2.75, 3.05) is 19.5 Å². The molecule has 0 fully saturated rings. The van der Waals surface area contributed by atoms with E-state index < -0.39 is 17.3 Å². The molecule has 26 heavy (non-hydrogen) atoms. The van der Waals surface area contributed by atoms with E-state index in [2.05, 4.69) is 20.7 Å². The first-order chi connectivity index (χ1) is 12.4. The van der Waals surface area contributed by atoms with Crippen LogP contribution in [0.1, 0.15) is 22.8 Å². The lowest BCUT2D eigenvalue weighted by atomic mass is 10.1. The number of nitrogens with zero attached hydrogens (tertiary/aromatic N) is 4. The number of halogens is 1. The minimum atomic E-state index is -0.554. The summed E-state index contributed by atoms with van der Waals surface area (Å²) in [5.74, 6) is -0.792. The smallest absolute Gasteiger partial charge is 0.313 e. The number of azo groups is 1. The minimum absolute atomic E-state index is 0.0447. The Balaban J connectivity index is 2.63. The van der Waals surface area contributed by atoms with Crippen molar-refractivity contribution in [1.82, 2.24) is 15.0 Å². The fraction of sp³-hybridized carbons (Fsp3) is 0.400. The van der Waals surface area contributed by atoms with Crippen molar-refractivity contribution in [2.24, 2.45) is 10.2 Å². The number of ether oxygens (including phenoxy) is 1. The van der Waals surface area contributed by atoms with Crippen LogP contribution in [0.15, 0.2) is 25.6 Å². The number of aromatic hydroxyl groups is 1. The van der Waals surface area contributed by atoms with Crippen molar-refractivity contribution >= 4 is 29.0 Å². The summed E-state index contributed by atoms with van der Waals surface area (Å²) in [4.78, 5) is 24.8. The van der Waals surface area contributed by atoms with Gasteiger partial charge in [0, 0.05) is 24.5 Å². The van der Waals surface area contributed by atoms with Gasteiger partial charge in [0.2, 0.25) is 11.7 Å². The van der Waals surface area contributed by atoms with Gasteiger partial charge in [-0.2, -0.15) is 0 Å². The van der Waals surface area contributed by atoms with Gasteiger partial charge in [0.1, 0.15) is 0 Å². The second-order valence-electron chi connectivity index (χ2n) is 5.09. The number of rotatable bonds is 7. The Morgan fingerprint density at radius 2 is 2.23 bits per heavy atom. The maximum absolute atomic E-state index is 12.4. The van der Waals surface area contributed by atoms with Gasteiger partial charge < -0.3 is 19.7 Å². The molecule has 2 aromatic rings. The van der Waals surface area contributed by atoms with Crippen molar-refractivity contribution in [3.8, 4) is 11.8 Å². The molecule has 2 heterocycles. The van der Waals surface area contributed by atoms with E-state index in [1.807, 2.05) is 0 Å². The quantitative estimate of drug-likeness (QED) is 0.556. The predicted octanol–water partition coefficient (Wildman–Crippen LogP) is 2.26. The minimum Gasteiger partial charge on any atom is -0.493 e. The summed E-state index contributed by atoms with van der Waals surface area (Å²) in [6, 6.07) is 1.37. The van der Waals surface area contributed by atoms with E-state index in [1.165, 1.54) is 20.1 Å². The van der Waals surface area contributed by atoms with Crippen LogP contribution >= 0.6 is 11.6 Å². The molecule has 0 aromatic carbocycles. The average Bonchev–Trinajstić information content (AvgIpc) is 3.08. The van der Waals surface area contributed by atoms with Crippen LogP contribution in [0.3, 0.4) is 0 Å². The summed E-state index contributed by atoms with van der Waals surface area (Å²) < 4.78 is 10.7. The number of aromatic nitrogens is 2. The first-order valence-electron chi connectivity index (χ1n) is 7.67. The van der Waals surface area contributed by atoms with Crippen LogP contribution in [0.25, 0.3) is 0 Å². The Bertz CT molecular complexity index is 889. The van der Waals surface area contributed by atoms with Crippen LogP contribution in [0.4, 0.5) is 11.5 Å². The number of pyridine rings is 1. The van der Waals surface area contributed by atoms with Crippen LogP contribution in [-0.4, -0.2) is 40.3 Å². The topological polar surface area (TPSA) is 131 Å². The molecule has 0 bridgehead atoms. The molecule has 2 rings (SSSR count). The van der Waals surface area contributed by atoms with Gasteiger partial charge in [-0.05, 0) is 13.8 Å². The number of amides is 1. The van der Waals surface area contributed by atoms with Crippen LogP contribution in [0, 0.1) is 6.92 Å². The highest BCUT2D eigenvalue weighted by molar-refractivity contribution is 6.17. The van der Waals surface area contributed by atoms with E-state index in [0.29, 0.717) is 6.54 Å². The Morgan fingerprint density at radius 1 is 1.50 bits per heavy atom. The molecule has 0 radical (unpaired) electrons. The second-order valence-corrected chi connectivity index (χ2v) is 5.46. The van der Waals surface area contributed by atoms with Gasteiger partial charge in [-0.25, -0.2) is 0 Å². The lowest BCUT2D eigenvalue weighted by Crippen LogP contribution is -2.30. The Morgan fingerprint density at radius 3 is 2.81 bits per heavy atom. The van der Waals surface area contributed by atoms with E-state index in [0.717, 1.165) is 4.57 Å². The molecule has 0 unspecified atom stereocenters. The molecule has 0 saturated carbocycles. The number of carbonyl (C=O) groups excluding carboxylic acids is 1. The molecule has 2 aromatic heterocycles. The van der Waals surface area contributed by atoms with E-state index >= 15 is 0 Å². The summed E-state index contributed by atoms with van der Waals surface area (Å²) in [5, 5.41) is 24.4.